The van der Waals surface area contributed by atoms with Crippen molar-refractivity contribution in [1.82, 2.24) is 0 Å². The van der Waals surface area contributed by atoms with Gasteiger partial charge in [0.25, 0.3) is 6.08 Å². The number of hydrogen-bond donors (Lipinski definition) is 0. The van der Waals surface area contributed by atoms with E-state index in [1.807, 2.05) is 13.8 Å². The normalized spacial score (nSPS) is 13.0. The van der Waals surface area contributed by atoms with Crippen molar-refractivity contribution in [2.45, 2.75) is 52.9 Å². The minimum atomic E-state index is -1.53. The van der Waals surface area contributed by atoms with Crippen LogP contribution in [0.15, 0.2) is 12.2 Å². The lowest BCUT2D eigenvalue weighted by atomic mass is 9.90. The molecular weight excluding hydrogens is 182 g/mol. The second kappa shape index (κ2) is 7.95. The van der Waals surface area contributed by atoms with Gasteiger partial charge in [0.15, 0.2) is 0 Å². The van der Waals surface area contributed by atoms with Gasteiger partial charge >= 0.3 is 0 Å². The van der Waals surface area contributed by atoms with Gasteiger partial charge < -0.3 is 0 Å². The second-order valence-corrected chi connectivity index (χ2v) is 4.21. The van der Waals surface area contributed by atoms with Crippen LogP contribution in [-0.4, -0.2) is 0 Å². The van der Waals surface area contributed by atoms with Crippen molar-refractivity contribution in [2.75, 3.05) is 0 Å². The molecule has 0 saturated carbocycles. The zero-order valence-electron chi connectivity index (χ0n) is 9.52. The molecule has 0 aliphatic rings. The number of halogens is 2. The first-order valence-corrected chi connectivity index (χ1v) is 5.60. The van der Waals surface area contributed by atoms with E-state index in [9.17, 15) is 8.78 Å². The van der Waals surface area contributed by atoms with Crippen molar-refractivity contribution in [2.24, 2.45) is 11.8 Å². The molecule has 0 N–H and O–H groups in total. The summed E-state index contributed by atoms with van der Waals surface area (Å²) < 4.78 is 24.2. The highest BCUT2D eigenvalue weighted by Gasteiger charge is 2.11. The van der Waals surface area contributed by atoms with E-state index in [1.165, 1.54) is 19.3 Å². The highest BCUT2D eigenvalue weighted by atomic mass is 19.3. The number of rotatable bonds is 7. The third-order valence-electron chi connectivity index (χ3n) is 2.59. The first-order valence-electron chi connectivity index (χ1n) is 5.60. The van der Waals surface area contributed by atoms with E-state index in [0.29, 0.717) is 5.92 Å². The van der Waals surface area contributed by atoms with E-state index >= 15 is 0 Å². The maximum Gasteiger partial charge on any atom is 0.266 e. The maximum atomic E-state index is 12.1. The van der Waals surface area contributed by atoms with Crippen LogP contribution >= 0.6 is 0 Å². The fourth-order valence-corrected chi connectivity index (χ4v) is 1.58. The minimum absolute atomic E-state index is 0.0526. The smallest absolute Gasteiger partial charge is 0.174 e. The zero-order valence-corrected chi connectivity index (χ0v) is 9.52. The first-order chi connectivity index (χ1) is 6.57. The fourth-order valence-electron chi connectivity index (χ4n) is 1.58. The van der Waals surface area contributed by atoms with Gasteiger partial charge in [-0.25, -0.2) is 0 Å². The Labute approximate surface area is 86.4 Å². The van der Waals surface area contributed by atoms with Gasteiger partial charge in [-0.05, 0) is 24.3 Å². The molecule has 0 nitrogen and oxygen atoms in total. The van der Waals surface area contributed by atoms with Crippen molar-refractivity contribution in [1.29, 1.82) is 0 Å². The topological polar surface area (TPSA) is 0 Å². The summed E-state index contributed by atoms with van der Waals surface area (Å²) in [5.41, 5.74) is 0. The van der Waals surface area contributed by atoms with Gasteiger partial charge in [0.05, 0.1) is 0 Å². The van der Waals surface area contributed by atoms with Crippen LogP contribution in [-0.2, 0) is 0 Å². The molecule has 84 valence electrons. The van der Waals surface area contributed by atoms with E-state index in [4.69, 9.17) is 0 Å². The molecule has 0 rings (SSSR count). The molecule has 0 aliphatic carbocycles. The van der Waals surface area contributed by atoms with Gasteiger partial charge in [0, 0.05) is 0 Å². The van der Waals surface area contributed by atoms with Crippen LogP contribution in [0.4, 0.5) is 8.78 Å². The molecule has 1 atom stereocenters. The molecule has 0 fully saturated rings. The van der Waals surface area contributed by atoms with Crippen LogP contribution < -0.4 is 0 Å². The van der Waals surface area contributed by atoms with Crippen molar-refractivity contribution in [3.8, 4) is 0 Å². The van der Waals surface area contributed by atoms with Crippen LogP contribution in [0.25, 0.3) is 0 Å². The van der Waals surface area contributed by atoms with Crippen molar-refractivity contribution in [3.63, 3.8) is 0 Å². The second-order valence-electron chi connectivity index (χ2n) is 4.21. The van der Waals surface area contributed by atoms with Crippen molar-refractivity contribution in [3.05, 3.63) is 12.2 Å². The van der Waals surface area contributed by atoms with E-state index < -0.39 is 6.08 Å². The van der Waals surface area contributed by atoms with Gasteiger partial charge in [-0.2, -0.15) is 8.78 Å². The predicted octanol–water partition coefficient (Wildman–Crippen LogP) is 5.01. The largest absolute Gasteiger partial charge is 0.266 e. The summed E-state index contributed by atoms with van der Waals surface area (Å²) >= 11 is 0. The Kier molecular flexibility index (Phi) is 7.73. The fraction of sp³-hybridized carbons (Fsp3) is 0.833. The summed E-state index contributed by atoms with van der Waals surface area (Å²) in [5, 5.41) is 0. The molecule has 0 aliphatic heterocycles. The SMILES string of the molecule is CCCCCCC(C=C(F)F)C(C)C. The zero-order chi connectivity index (χ0) is 11.0. The van der Waals surface area contributed by atoms with Gasteiger partial charge in [0.1, 0.15) is 0 Å². The molecule has 2 heteroatoms. The highest BCUT2D eigenvalue weighted by Crippen LogP contribution is 2.22. The van der Waals surface area contributed by atoms with Crippen LogP contribution in [0.1, 0.15) is 52.9 Å². The third-order valence-corrected chi connectivity index (χ3v) is 2.59. The average molecular weight is 204 g/mol. The summed E-state index contributed by atoms with van der Waals surface area (Å²) in [7, 11) is 0. The lowest BCUT2D eigenvalue weighted by Crippen LogP contribution is -2.05. The maximum absolute atomic E-state index is 12.1. The lowest BCUT2D eigenvalue weighted by molar-refractivity contribution is 0.368. The van der Waals surface area contributed by atoms with Crippen LogP contribution in [0.3, 0.4) is 0 Å². The summed E-state index contributed by atoms with van der Waals surface area (Å²) in [6, 6.07) is 0. The quantitative estimate of drug-likeness (QED) is 0.511. The van der Waals surface area contributed by atoms with Gasteiger partial charge in [-0.15, -0.1) is 0 Å². The van der Waals surface area contributed by atoms with Gasteiger partial charge in [0.2, 0.25) is 0 Å². The molecule has 1 unspecified atom stereocenters. The third kappa shape index (κ3) is 7.05. The Bertz CT molecular complexity index is 158. The molecular formula is C12H22F2. The summed E-state index contributed by atoms with van der Waals surface area (Å²) in [6.07, 6.45) is 5.14. The molecule has 0 heterocycles. The Morgan fingerprint density at radius 1 is 1.14 bits per heavy atom. The number of unbranched alkanes of at least 4 members (excludes halogenated alkanes) is 3. The van der Waals surface area contributed by atoms with E-state index in [1.54, 1.807) is 0 Å². The van der Waals surface area contributed by atoms with Crippen molar-refractivity contribution < 1.29 is 8.78 Å². The molecule has 0 aromatic carbocycles. The molecule has 0 radical (unpaired) electrons. The lowest BCUT2D eigenvalue weighted by Gasteiger charge is -2.15. The van der Waals surface area contributed by atoms with Crippen molar-refractivity contribution >= 4 is 0 Å². The molecule has 0 amide bonds. The highest BCUT2D eigenvalue weighted by molar-refractivity contribution is 4.89. The Morgan fingerprint density at radius 3 is 2.21 bits per heavy atom. The first kappa shape index (κ1) is 13.6. The van der Waals surface area contributed by atoms with Gasteiger partial charge in [-0.3, -0.25) is 0 Å². The van der Waals surface area contributed by atoms with E-state index in [-0.39, 0.29) is 5.92 Å². The Morgan fingerprint density at radius 2 is 1.79 bits per heavy atom. The summed E-state index contributed by atoms with van der Waals surface area (Å²) in [5.74, 6) is 0.370. The van der Waals surface area contributed by atoms with Gasteiger partial charge in [-0.1, -0.05) is 46.5 Å². The van der Waals surface area contributed by atoms with E-state index in [2.05, 4.69) is 6.92 Å². The average Bonchev–Trinajstić information content (AvgIpc) is 2.09. The molecule has 0 spiro atoms. The summed E-state index contributed by atoms with van der Waals surface area (Å²) in [4.78, 5) is 0. The molecule has 0 aromatic rings. The molecule has 0 aromatic heterocycles. The standard InChI is InChI=1S/C12H22F2/c1-4-5-6-7-8-11(10(2)3)9-12(13)14/h9-11H,4-8H2,1-3H3. The Balaban J connectivity index is 3.81. The number of allylic oxidation sites excluding steroid dienone is 1. The van der Waals surface area contributed by atoms with Crippen LogP contribution in [0.2, 0.25) is 0 Å². The molecule has 0 bridgehead atoms. The predicted molar refractivity (Wildman–Crippen MR) is 57.4 cm³/mol. The molecule has 0 saturated heterocycles. The minimum Gasteiger partial charge on any atom is -0.174 e. The molecule has 14 heavy (non-hydrogen) atoms. The van der Waals surface area contributed by atoms with Crippen LogP contribution in [0.5, 0.6) is 0 Å². The van der Waals surface area contributed by atoms with E-state index in [0.717, 1.165) is 18.9 Å². The number of hydrogen-bond acceptors (Lipinski definition) is 0. The summed E-state index contributed by atoms with van der Waals surface area (Å²) in [6.45, 7) is 6.16. The monoisotopic (exact) mass is 204 g/mol. The van der Waals surface area contributed by atoms with Crippen LogP contribution in [0, 0.1) is 11.8 Å². The Hall–Kier alpha value is -0.400.